The van der Waals surface area contributed by atoms with Gasteiger partial charge in [0.25, 0.3) is 0 Å². The molecule has 6 heteroatoms. The van der Waals surface area contributed by atoms with Gasteiger partial charge in [0, 0.05) is 43.7 Å². The fraction of sp³-hybridized carbons (Fsp3) is 0.308. The maximum Gasteiger partial charge on any atom is 0.139 e. The summed E-state index contributed by atoms with van der Waals surface area (Å²) in [4.78, 5) is 15.2. The average molecular weight is 444 g/mol. The molecule has 0 radical (unpaired) electrons. The molecule has 1 aliphatic heterocycles. The number of aryl methyl sites for hydroxylation is 1. The molecule has 1 fully saturated rings. The van der Waals surface area contributed by atoms with E-state index in [2.05, 4.69) is 94.0 Å². The van der Waals surface area contributed by atoms with Crippen molar-refractivity contribution in [2.24, 2.45) is 0 Å². The van der Waals surface area contributed by atoms with Crippen molar-refractivity contribution >= 4 is 27.4 Å². The Kier molecular flexibility index (Phi) is 6.17. The third-order valence-electron chi connectivity index (χ3n) is 6.28. The van der Waals surface area contributed by atoms with Gasteiger partial charge >= 0.3 is 0 Å². The van der Waals surface area contributed by atoms with Gasteiger partial charge in [0.2, 0.25) is 0 Å². The zero-order valence-electron chi connectivity index (χ0n) is 18.7. The fourth-order valence-electron chi connectivity index (χ4n) is 4.30. The lowest BCUT2D eigenvalue weighted by Gasteiger charge is -2.35. The van der Waals surface area contributed by atoms with Gasteiger partial charge in [0.1, 0.15) is 17.0 Å². The molecule has 164 valence electrons. The average Bonchev–Trinajstić information content (AvgIpc) is 3.26. The lowest BCUT2D eigenvalue weighted by molar-refractivity contribution is 0.149. The molecule has 1 unspecified atom stereocenters. The number of hydrogen-bond donors (Lipinski definition) is 1. The summed E-state index contributed by atoms with van der Waals surface area (Å²) in [6.45, 7) is 7.48. The molecule has 1 N–H and O–H groups in total. The zero-order chi connectivity index (χ0) is 21.9. The van der Waals surface area contributed by atoms with Crippen molar-refractivity contribution in [1.82, 2.24) is 19.8 Å². The Hall–Kier alpha value is -2.80. The Morgan fingerprint density at radius 1 is 0.969 bits per heavy atom. The smallest absolute Gasteiger partial charge is 0.139 e. The normalized spacial score (nSPS) is 16.3. The van der Waals surface area contributed by atoms with Gasteiger partial charge < -0.3 is 10.2 Å². The number of nitrogens with one attached hydrogen (secondary N) is 1. The van der Waals surface area contributed by atoms with Crippen molar-refractivity contribution in [3.05, 3.63) is 77.4 Å². The van der Waals surface area contributed by atoms with Crippen LogP contribution in [0.25, 0.3) is 21.3 Å². The molecule has 5 nitrogen and oxygen atoms in total. The lowest BCUT2D eigenvalue weighted by Crippen LogP contribution is -2.46. The van der Waals surface area contributed by atoms with Crippen LogP contribution in [0.2, 0.25) is 0 Å². The Bertz CT molecular complexity index is 1160. The summed E-state index contributed by atoms with van der Waals surface area (Å²) in [7, 11) is 2.20. The minimum Gasteiger partial charge on any atom is -0.361 e. The molecule has 0 spiro atoms. The summed E-state index contributed by atoms with van der Waals surface area (Å²) >= 11 is 1.68. The largest absolute Gasteiger partial charge is 0.361 e. The van der Waals surface area contributed by atoms with E-state index in [-0.39, 0.29) is 6.04 Å². The molecule has 1 saturated heterocycles. The minimum atomic E-state index is 0.156. The van der Waals surface area contributed by atoms with Gasteiger partial charge in [-0.1, -0.05) is 60.2 Å². The second-order valence-corrected chi connectivity index (χ2v) is 9.49. The zero-order valence-corrected chi connectivity index (χ0v) is 19.5. The second kappa shape index (κ2) is 9.36. The lowest BCUT2D eigenvalue weighted by atomic mass is 10.0. The Balaban J connectivity index is 1.50. The number of rotatable bonds is 6. The van der Waals surface area contributed by atoms with Crippen LogP contribution in [0, 0.1) is 6.92 Å². The number of aromatic nitrogens is 2. The number of thiophene rings is 1. The predicted octanol–water partition coefficient (Wildman–Crippen LogP) is 5.07. The molecule has 32 heavy (non-hydrogen) atoms. The molecule has 1 atom stereocenters. The molecular weight excluding hydrogens is 414 g/mol. The van der Waals surface area contributed by atoms with Crippen molar-refractivity contribution in [1.29, 1.82) is 0 Å². The van der Waals surface area contributed by atoms with Crippen LogP contribution in [-0.4, -0.2) is 59.5 Å². The van der Waals surface area contributed by atoms with Crippen LogP contribution in [0.1, 0.15) is 17.2 Å². The summed E-state index contributed by atoms with van der Waals surface area (Å²) in [5.41, 5.74) is 4.94. The molecule has 2 aromatic heterocycles. The number of anilines is 1. The number of fused-ring (bicyclic) bond motifs is 1. The first-order chi connectivity index (χ1) is 15.7. The van der Waals surface area contributed by atoms with E-state index in [4.69, 9.17) is 4.98 Å². The summed E-state index contributed by atoms with van der Waals surface area (Å²) in [5.74, 6) is 0.912. The third kappa shape index (κ3) is 4.53. The molecule has 3 heterocycles. The number of hydrogen-bond acceptors (Lipinski definition) is 6. The summed E-state index contributed by atoms with van der Waals surface area (Å²) < 4.78 is 0. The molecule has 1 aliphatic rings. The van der Waals surface area contributed by atoms with Crippen LogP contribution < -0.4 is 5.32 Å². The van der Waals surface area contributed by atoms with Gasteiger partial charge in [0.05, 0.1) is 11.4 Å². The van der Waals surface area contributed by atoms with Gasteiger partial charge in [-0.05, 0) is 25.1 Å². The molecule has 0 amide bonds. The molecule has 4 aromatic rings. The van der Waals surface area contributed by atoms with Gasteiger partial charge in [-0.15, -0.1) is 11.3 Å². The maximum absolute atomic E-state index is 4.71. The van der Waals surface area contributed by atoms with E-state index in [1.54, 1.807) is 17.7 Å². The van der Waals surface area contributed by atoms with E-state index in [1.165, 1.54) is 22.3 Å². The first-order valence-electron chi connectivity index (χ1n) is 11.2. The summed E-state index contributed by atoms with van der Waals surface area (Å²) in [5, 5.41) is 7.12. The van der Waals surface area contributed by atoms with Gasteiger partial charge in [-0.25, -0.2) is 9.97 Å². The first-order valence-corrected chi connectivity index (χ1v) is 12.1. The number of piperazine rings is 1. The van der Waals surface area contributed by atoms with Crippen LogP contribution in [-0.2, 0) is 0 Å². The van der Waals surface area contributed by atoms with E-state index < -0.39 is 0 Å². The second-order valence-electron chi connectivity index (χ2n) is 8.63. The molecule has 2 aromatic carbocycles. The van der Waals surface area contributed by atoms with Gasteiger partial charge in [-0.3, -0.25) is 4.90 Å². The Morgan fingerprint density at radius 2 is 1.72 bits per heavy atom. The number of nitrogens with zero attached hydrogens (tertiary/aromatic N) is 4. The van der Waals surface area contributed by atoms with Crippen LogP contribution in [0.15, 0.2) is 66.3 Å². The highest BCUT2D eigenvalue weighted by atomic mass is 32.1. The Morgan fingerprint density at radius 3 is 2.47 bits per heavy atom. The molecular formula is C26H29N5S. The van der Waals surface area contributed by atoms with Crippen molar-refractivity contribution < 1.29 is 0 Å². The van der Waals surface area contributed by atoms with E-state index in [1.807, 2.05) is 0 Å². The van der Waals surface area contributed by atoms with Crippen LogP contribution in [0.5, 0.6) is 0 Å². The molecule has 5 rings (SSSR count). The highest BCUT2D eigenvalue weighted by Crippen LogP contribution is 2.37. The molecule has 0 bridgehead atoms. The predicted molar refractivity (Wildman–Crippen MR) is 134 cm³/mol. The monoisotopic (exact) mass is 443 g/mol. The highest BCUT2D eigenvalue weighted by molar-refractivity contribution is 7.17. The van der Waals surface area contributed by atoms with E-state index >= 15 is 0 Å². The first kappa shape index (κ1) is 21.1. The van der Waals surface area contributed by atoms with Crippen LogP contribution >= 0.6 is 11.3 Å². The van der Waals surface area contributed by atoms with Crippen LogP contribution in [0.3, 0.4) is 0 Å². The summed E-state index contributed by atoms with van der Waals surface area (Å²) in [6.07, 6.45) is 1.68. The molecule has 0 saturated carbocycles. The van der Waals surface area contributed by atoms with Crippen LogP contribution in [0.4, 0.5) is 5.82 Å². The van der Waals surface area contributed by atoms with Crippen molar-refractivity contribution in [3.63, 3.8) is 0 Å². The van der Waals surface area contributed by atoms with E-state index in [0.29, 0.717) is 0 Å². The van der Waals surface area contributed by atoms with Crippen molar-refractivity contribution in [3.8, 4) is 11.1 Å². The number of likely N-dealkylation sites (N-methyl/N-ethyl adjacent to an activating group) is 1. The third-order valence-corrected chi connectivity index (χ3v) is 7.17. The summed E-state index contributed by atoms with van der Waals surface area (Å²) in [6, 6.07) is 19.6. The van der Waals surface area contributed by atoms with E-state index in [0.717, 1.165) is 48.8 Å². The standard InChI is InChI=1S/C26H29N5S/c1-19-8-10-20(11-9-19)22-17-32-26-24(22)25(27-18-28-26)29-23(21-6-4-3-5-7-21)16-31-14-12-30(2)13-15-31/h3-11,17-18,23H,12-16H2,1-2H3,(H,27,28,29). The Labute approximate surface area is 193 Å². The highest BCUT2D eigenvalue weighted by Gasteiger charge is 2.22. The minimum absolute atomic E-state index is 0.156. The number of benzene rings is 2. The SMILES string of the molecule is Cc1ccc(-c2csc3ncnc(NC(CN4CCN(C)CC4)c4ccccc4)c23)cc1. The van der Waals surface area contributed by atoms with Gasteiger partial charge in [0.15, 0.2) is 0 Å². The quantitative estimate of drug-likeness (QED) is 0.451. The topological polar surface area (TPSA) is 44.3 Å². The van der Waals surface area contributed by atoms with Crippen molar-refractivity contribution in [2.45, 2.75) is 13.0 Å². The van der Waals surface area contributed by atoms with E-state index in [9.17, 15) is 0 Å². The fourth-order valence-corrected chi connectivity index (χ4v) is 5.22. The van der Waals surface area contributed by atoms with Crippen molar-refractivity contribution in [2.75, 3.05) is 45.1 Å². The molecule has 0 aliphatic carbocycles. The maximum atomic E-state index is 4.71. The van der Waals surface area contributed by atoms with Gasteiger partial charge in [-0.2, -0.15) is 0 Å².